The molecule has 0 saturated carbocycles. The number of benzene rings is 2. The Morgan fingerprint density at radius 1 is 1.05 bits per heavy atom. The molecule has 3 rings (SSSR count). The standard InChI is InChI=1S/C18H13IO3/c1-21-16-8-4-13(5-9-16)17-11-14(18(20)22-17)10-12-2-6-15(19)7-3-12/h2-11H,1H3/b14-10+. The minimum Gasteiger partial charge on any atom is -0.497 e. The second-order valence-electron chi connectivity index (χ2n) is 4.78. The van der Waals surface area contributed by atoms with Crippen LogP contribution in [-0.2, 0) is 9.53 Å². The van der Waals surface area contributed by atoms with Crippen LogP contribution in [0.25, 0.3) is 11.8 Å². The Morgan fingerprint density at radius 2 is 1.73 bits per heavy atom. The van der Waals surface area contributed by atoms with Gasteiger partial charge in [0.25, 0.3) is 0 Å². The van der Waals surface area contributed by atoms with Gasteiger partial charge in [0.2, 0.25) is 0 Å². The molecular formula is C18H13IO3. The fourth-order valence-electron chi connectivity index (χ4n) is 2.13. The van der Waals surface area contributed by atoms with Gasteiger partial charge in [-0.15, -0.1) is 0 Å². The fourth-order valence-corrected chi connectivity index (χ4v) is 2.48. The van der Waals surface area contributed by atoms with Crippen molar-refractivity contribution in [3.8, 4) is 5.75 Å². The molecule has 2 aromatic carbocycles. The van der Waals surface area contributed by atoms with Gasteiger partial charge in [0.15, 0.2) is 0 Å². The summed E-state index contributed by atoms with van der Waals surface area (Å²) in [5.41, 5.74) is 2.37. The first-order chi connectivity index (χ1) is 10.7. The third kappa shape index (κ3) is 3.22. The maximum Gasteiger partial charge on any atom is 0.343 e. The number of methoxy groups -OCH3 is 1. The quantitative estimate of drug-likeness (QED) is 0.435. The first-order valence-electron chi connectivity index (χ1n) is 6.71. The van der Waals surface area contributed by atoms with Gasteiger partial charge in [-0.3, -0.25) is 0 Å². The molecule has 0 radical (unpaired) electrons. The van der Waals surface area contributed by atoms with E-state index in [1.54, 1.807) is 13.2 Å². The Hall–Kier alpha value is -2.08. The van der Waals surface area contributed by atoms with Gasteiger partial charge in [-0.2, -0.15) is 0 Å². The highest BCUT2D eigenvalue weighted by molar-refractivity contribution is 14.1. The Labute approximate surface area is 142 Å². The lowest BCUT2D eigenvalue weighted by atomic mass is 10.1. The van der Waals surface area contributed by atoms with E-state index in [1.165, 1.54) is 0 Å². The summed E-state index contributed by atoms with van der Waals surface area (Å²) < 4.78 is 11.6. The van der Waals surface area contributed by atoms with E-state index in [9.17, 15) is 4.79 Å². The monoisotopic (exact) mass is 404 g/mol. The van der Waals surface area contributed by atoms with Gasteiger partial charge in [0.1, 0.15) is 11.5 Å². The first-order valence-corrected chi connectivity index (χ1v) is 7.79. The van der Waals surface area contributed by atoms with E-state index >= 15 is 0 Å². The summed E-state index contributed by atoms with van der Waals surface area (Å²) in [4.78, 5) is 12.0. The molecular weight excluding hydrogens is 391 g/mol. The fraction of sp³-hybridized carbons (Fsp3) is 0.0556. The van der Waals surface area contributed by atoms with Crippen LogP contribution in [0.4, 0.5) is 0 Å². The largest absolute Gasteiger partial charge is 0.497 e. The van der Waals surface area contributed by atoms with E-state index in [4.69, 9.17) is 9.47 Å². The topological polar surface area (TPSA) is 35.5 Å². The molecule has 110 valence electrons. The summed E-state index contributed by atoms with van der Waals surface area (Å²) in [5.74, 6) is 0.997. The van der Waals surface area contributed by atoms with Gasteiger partial charge in [-0.25, -0.2) is 4.79 Å². The summed E-state index contributed by atoms with van der Waals surface area (Å²) in [6, 6.07) is 15.4. The predicted molar refractivity (Wildman–Crippen MR) is 94.2 cm³/mol. The van der Waals surface area contributed by atoms with E-state index < -0.39 is 0 Å². The number of hydrogen-bond donors (Lipinski definition) is 0. The number of halogens is 1. The van der Waals surface area contributed by atoms with Crippen LogP contribution in [0.1, 0.15) is 11.1 Å². The Balaban J connectivity index is 1.88. The molecule has 22 heavy (non-hydrogen) atoms. The molecule has 0 fully saturated rings. The van der Waals surface area contributed by atoms with Crippen LogP contribution in [0.3, 0.4) is 0 Å². The van der Waals surface area contributed by atoms with Crippen molar-refractivity contribution in [3.63, 3.8) is 0 Å². The van der Waals surface area contributed by atoms with E-state index in [-0.39, 0.29) is 5.97 Å². The lowest BCUT2D eigenvalue weighted by Crippen LogP contribution is -1.97. The van der Waals surface area contributed by atoms with Crippen LogP contribution in [-0.4, -0.2) is 13.1 Å². The molecule has 4 heteroatoms. The average Bonchev–Trinajstić information content (AvgIpc) is 2.91. The maximum atomic E-state index is 12.0. The molecule has 2 aromatic rings. The third-order valence-electron chi connectivity index (χ3n) is 3.29. The highest BCUT2D eigenvalue weighted by Crippen LogP contribution is 2.28. The van der Waals surface area contributed by atoms with Crippen molar-refractivity contribution < 1.29 is 14.3 Å². The molecule has 1 aliphatic heterocycles. The Bertz CT molecular complexity index is 756. The van der Waals surface area contributed by atoms with E-state index in [0.717, 1.165) is 20.4 Å². The maximum absolute atomic E-state index is 12.0. The normalized spacial score (nSPS) is 15.6. The van der Waals surface area contributed by atoms with E-state index in [1.807, 2.05) is 54.6 Å². The summed E-state index contributed by atoms with van der Waals surface area (Å²) in [6.07, 6.45) is 3.59. The SMILES string of the molecule is COc1ccc(C2=C/C(=C\c3ccc(I)cc3)C(=O)O2)cc1. The van der Waals surface area contributed by atoms with Gasteiger partial charge < -0.3 is 9.47 Å². The lowest BCUT2D eigenvalue weighted by Gasteiger charge is -2.03. The summed E-state index contributed by atoms with van der Waals surface area (Å²) >= 11 is 2.25. The van der Waals surface area contributed by atoms with Crippen molar-refractivity contribution >= 4 is 40.4 Å². The molecule has 0 aliphatic carbocycles. The van der Waals surface area contributed by atoms with Crippen LogP contribution < -0.4 is 4.74 Å². The number of cyclic esters (lactones) is 1. The van der Waals surface area contributed by atoms with E-state index in [2.05, 4.69) is 22.6 Å². The molecule has 3 nitrogen and oxygen atoms in total. The number of carbonyl (C=O) groups excluding carboxylic acids is 1. The second kappa shape index (κ2) is 6.36. The number of hydrogen-bond acceptors (Lipinski definition) is 3. The van der Waals surface area contributed by atoms with Gasteiger partial charge in [-0.05, 0) is 76.7 Å². The molecule has 0 atom stereocenters. The zero-order valence-electron chi connectivity index (χ0n) is 11.9. The van der Waals surface area contributed by atoms with Crippen molar-refractivity contribution in [2.24, 2.45) is 0 Å². The molecule has 1 heterocycles. The van der Waals surface area contributed by atoms with Gasteiger partial charge in [0, 0.05) is 9.13 Å². The van der Waals surface area contributed by atoms with Crippen LogP contribution in [0, 0.1) is 3.57 Å². The number of esters is 1. The average molecular weight is 404 g/mol. The van der Waals surface area contributed by atoms with Crippen molar-refractivity contribution in [1.29, 1.82) is 0 Å². The van der Waals surface area contributed by atoms with Crippen molar-refractivity contribution in [1.82, 2.24) is 0 Å². The molecule has 0 saturated heterocycles. The molecule has 0 amide bonds. The number of ether oxygens (including phenoxy) is 2. The minimum absolute atomic E-state index is 0.329. The first kappa shape index (κ1) is 14.8. The smallest absolute Gasteiger partial charge is 0.343 e. The van der Waals surface area contributed by atoms with Gasteiger partial charge in [-0.1, -0.05) is 12.1 Å². The number of rotatable bonds is 3. The summed E-state index contributed by atoms with van der Waals surface area (Å²) in [5, 5.41) is 0. The molecule has 0 unspecified atom stereocenters. The Morgan fingerprint density at radius 3 is 2.36 bits per heavy atom. The van der Waals surface area contributed by atoms with Gasteiger partial charge in [0.05, 0.1) is 12.7 Å². The zero-order valence-corrected chi connectivity index (χ0v) is 14.0. The summed E-state index contributed by atoms with van der Waals surface area (Å²) in [7, 11) is 1.62. The van der Waals surface area contributed by atoms with Crippen molar-refractivity contribution in [2.45, 2.75) is 0 Å². The highest BCUT2D eigenvalue weighted by Gasteiger charge is 2.21. The highest BCUT2D eigenvalue weighted by atomic mass is 127. The van der Waals surface area contributed by atoms with Crippen molar-refractivity contribution in [2.75, 3.05) is 7.11 Å². The molecule has 0 spiro atoms. The van der Waals surface area contributed by atoms with Crippen LogP contribution in [0.2, 0.25) is 0 Å². The number of carbonyl (C=O) groups is 1. The van der Waals surface area contributed by atoms with Crippen LogP contribution in [0.5, 0.6) is 5.75 Å². The Kier molecular flexibility index (Phi) is 4.29. The predicted octanol–water partition coefficient (Wildman–Crippen LogP) is 4.28. The van der Waals surface area contributed by atoms with Crippen LogP contribution >= 0.6 is 22.6 Å². The molecule has 1 aliphatic rings. The molecule has 0 bridgehead atoms. The summed E-state index contributed by atoms with van der Waals surface area (Å²) in [6.45, 7) is 0. The van der Waals surface area contributed by atoms with Crippen LogP contribution in [0.15, 0.2) is 60.2 Å². The lowest BCUT2D eigenvalue weighted by molar-refractivity contribution is -0.130. The van der Waals surface area contributed by atoms with Gasteiger partial charge >= 0.3 is 5.97 Å². The second-order valence-corrected chi connectivity index (χ2v) is 6.02. The van der Waals surface area contributed by atoms with Crippen molar-refractivity contribution in [3.05, 3.63) is 74.9 Å². The minimum atomic E-state index is -0.329. The van der Waals surface area contributed by atoms with E-state index in [0.29, 0.717) is 11.3 Å². The zero-order chi connectivity index (χ0) is 15.5. The molecule has 0 N–H and O–H groups in total. The third-order valence-corrected chi connectivity index (χ3v) is 4.01. The molecule has 0 aromatic heterocycles.